The number of rotatable bonds is 7. The number of H-pyrrole nitrogens is 1. The van der Waals surface area contributed by atoms with E-state index in [1.807, 2.05) is 19.2 Å². The van der Waals surface area contributed by atoms with Gasteiger partial charge in [0, 0.05) is 24.7 Å². The van der Waals surface area contributed by atoms with Gasteiger partial charge in [-0.1, -0.05) is 19.9 Å². The zero-order valence-electron chi connectivity index (χ0n) is 16.4. The van der Waals surface area contributed by atoms with Crippen LogP contribution in [0.25, 0.3) is 0 Å². The molecule has 142 valence electrons. The molecule has 1 unspecified atom stereocenters. The number of aromatic amines is 1. The number of nitrogens with zero attached hydrogens (tertiary/aromatic N) is 2. The van der Waals surface area contributed by atoms with Crippen LogP contribution in [-0.4, -0.2) is 41.9 Å². The van der Waals surface area contributed by atoms with Crippen molar-refractivity contribution in [2.45, 2.75) is 52.0 Å². The van der Waals surface area contributed by atoms with Crippen LogP contribution in [0.4, 0.5) is 0 Å². The number of piperidine rings is 1. The maximum absolute atomic E-state index is 5.72. The molecule has 1 N–H and O–H groups in total. The zero-order chi connectivity index (χ0) is 18.5. The van der Waals surface area contributed by atoms with E-state index < -0.39 is 0 Å². The number of likely N-dealkylation sites (tertiary alicyclic amines) is 1. The van der Waals surface area contributed by atoms with E-state index in [4.69, 9.17) is 9.47 Å². The zero-order valence-corrected chi connectivity index (χ0v) is 16.4. The first kappa shape index (κ1) is 18.8. The molecule has 1 aromatic heterocycles. The third-order valence-electron chi connectivity index (χ3n) is 5.17. The maximum atomic E-state index is 5.72. The number of hydrogen-bond acceptors (Lipinski definition) is 4. The number of benzene rings is 1. The molecule has 2 aromatic rings. The van der Waals surface area contributed by atoms with E-state index in [2.05, 4.69) is 41.1 Å². The molecule has 1 aromatic carbocycles. The summed E-state index contributed by atoms with van der Waals surface area (Å²) in [4.78, 5) is 2.54. The lowest BCUT2D eigenvalue weighted by molar-refractivity contribution is 0.197. The Kier molecular flexibility index (Phi) is 6.20. The van der Waals surface area contributed by atoms with E-state index in [9.17, 15) is 0 Å². The molecule has 2 heterocycles. The van der Waals surface area contributed by atoms with Gasteiger partial charge in [0.15, 0.2) is 11.5 Å². The molecule has 0 amide bonds. The number of nitrogens with one attached hydrogen (secondary N) is 1. The first-order valence-corrected chi connectivity index (χ1v) is 9.67. The van der Waals surface area contributed by atoms with E-state index in [1.165, 1.54) is 29.7 Å². The second-order valence-electron chi connectivity index (χ2n) is 7.39. The standard InChI is InChI=1S/C21H31N3O2/c1-5-26-20-11-16(8-9-19(20)25-4)13-24-10-6-7-17(14-24)21-18(15(2)3)12-22-23-21/h8-9,11-12,15,17H,5-7,10,13-14H2,1-4H3,(H,22,23). The Balaban J connectivity index is 1.70. The Morgan fingerprint density at radius 2 is 2.15 bits per heavy atom. The van der Waals surface area contributed by atoms with Crippen molar-refractivity contribution in [3.63, 3.8) is 0 Å². The summed E-state index contributed by atoms with van der Waals surface area (Å²) in [5.41, 5.74) is 3.96. The predicted molar refractivity (Wildman–Crippen MR) is 104 cm³/mol. The second kappa shape index (κ2) is 8.58. The molecule has 1 fully saturated rings. The van der Waals surface area contributed by atoms with Crippen molar-refractivity contribution in [3.8, 4) is 11.5 Å². The highest BCUT2D eigenvalue weighted by Crippen LogP contribution is 2.33. The Labute approximate surface area is 156 Å². The highest BCUT2D eigenvalue weighted by Gasteiger charge is 2.25. The van der Waals surface area contributed by atoms with Crippen molar-refractivity contribution in [3.05, 3.63) is 41.2 Å². The van der Waals surface area contributed by atoms with E-state index in [0.29, 0.717) is 18.4 Å². The minimum absolute atomic E-state index is 0.509. The SMILES string of the molecule is CCOc1cc(CN2CCCC(c3[nH]ncc3C(C)C)C2)ccc1OC. The monoisotopic (exact) mass is 357 g/mol. The largest absolute Gasteiger partial charge is 0.493 e. The first-order valence-electron chi connectivity index (χ1n) is 9.67. The molecular weight excluding hydrogens is 326 g/mol. The fourth-order valence-corrected chi connectivity index (χ4v) is 3.87. The topological polar surface area (TPSA) is 50.4 Å². The van der Waals surface area contributed by atoms with Crippen LogP contribution in [0, 0.1) is 0 Å². The van der Waals surface area contributed by atoms with Crippen LogP contribution in [0.15, 0.2) is 24.4 Å². The van der Waals surface area contributed by atoms with Crippen molar-refractivity contribution in [2.24, 2.45) is 0 Å². The third-order valence-corrected chi connectivity index (χ3v) is 5.17. The average Bonchev–Trinajstić information content (AvgIpc) is 3.13. The van der Waals surface area contributed by atoms with Gasteiger partial charge in [-0.3, -0.25) is 10.00 Å². The minimum Gasteiger partial charge on any atom is -0.493 e. The highest BCUT2D eigenvalue weighted by atomic mass is 16.5. The van der Waals surface area contributed by atoms with Crippen LogP contribution in [0.1, 0.15) is 62.3 Å². The van der Waals surface area contributed by atoms with Gasteiger partial charge in [-0.05, 0) is 55.5 Å². The molecule has 0 spiro atoms. The van der Waals surface area contributed by atoms with Gasteiger partial charge >= 0.3 is 0 Å². The molecule has 1 saturated heterocycles. The highest BCUT2D eigenvalue weighted by molar-refractivity contribution is 5.43. The lowest BCUT2D eigenvalue weighted by Gasteiger charge is -2.33. The minimum atomic E-state index is 0.509. The molecule has 0 radical (unpaired) electrons. The van der Waals surface area contributed by atoms with E-state index >= 15 is 0 Å². The fourth-order valence-electron chi connectivity index (χ4n) is 3.87. The van der Waals surface area contributed by atoms with Crippen molar-refractivity contribution in [1.29, 1.82) is 0 Å². The molecule has 1 atom stereocenters. The van der Waals surface area contributed by atoms with Crippen LogP contribution in [0.3, 0.4) is 0 Å². The average molecular weight is 357 g/mol. The molecule has 0 bridgehead atoms. The summed E-state index contributed by atoms with van der Waals surface area (Å²) in [6.45, 7) is 10.3. The summed E-state index contributed by atoms with van der Waals surface area (Å²) >= 11 is 0. The quantitative estimate of drug-likeness (QED) is 0.802. The normalized spacial score (nSPS) is 18.3. The van der Waals surface area contributed by atoms with E-state index in [0.717, 1.165) is 31.1 Å². The molecule has 0 saturated carbocycles. The Morgan fingerprint density at radius 1 is 1.31 bits per heavy atom. The van der Waals surface area contributed by atoms with Crippen molar-refractivity contribution >= 4 is 0 Å². The van der Waals surface area contributed by atoms with Crippen LogP contribution >= 0.6 is 0 Å². The van der Waals surface area contributed by atoms with Crippen molar-refractivity contribution in [2.75, 3.05) is 26.8 Å². The number of ether oxygens (including phenoxy) is 2. The van der Waals surface area contributed by atoms with Crippen LogP contribution in [-0.2, 0) is 6.54 Å². The van der Waals surface area contributed by atoms with E-state index in [-0.39, 0.29) is 0 Å². The Bertz CT molecular complexity index is 711. The van der Waals surface area contributed by atoms with Crippen LogP contribution in [0.5, 0.6) is 11.5 Å². The summed E-state index contributed by atoms with van der Waals surface area (Å²) < 4.78 is 11.1. The second-order valence-corrected chi connectivity index (χ2v) is 7.39. The lowest BCUT2D eigenvalue weighted by atomic mass is 9.89. The van der Waals surface area contributed by atoms with Gasteiger partial charge in [0.1, 0.15) is 0 Å². The van der Waals surface area contributed by atoms with Gasteiger partial charge in [0.25, 0.3) is 0 Å². The molecule has 5 heteroatoms. The Hall–Kier alpha value is -2.01. The van der Waals surface area contributed by atoms with Gasteiger partial charge in [-0.15, -0.1) is 0 Å². The van der Waals surface area contributed by atoms with Gasteiger partial charge in [0.2, 0.25) is 0 Å². The van der Waals surface area contributed by atoms with Crippen LogP contribution < -0.4 is 9.47 Å². The molecule has 26 heavy (non-hydrogen) atoms. The maximum Gasteiger partial charge on any atom is 0.161 e. The summed E-state index contributed by atoms with van der Waals surface area (Å²) in [5.74, 6) is 2.67. The third kappa shape index (κ3) is 4.21. The molecule has 1 aliphatic heterocycles. The van der Waals surface area contributed by atoms with Crippen molar-refractivity contribution < 1.29 is 9.47 Å². The Morgan fingerprint density at radius 3 is 2.88 bits per heavy atom. The fraction of sp³-hybridized carbons (Fsp3) is 0.571. The molecular formula is C21H31N3O2. The van der Waals surface area contributed by atoms with Gasteiger partial charge in [-0.2, -0.15) is 5.10 Å². The first-order chi connectivity index (χ1) is 12.6. The summed E-state index contributed by atoms with van der Waals surface area (Å²) in [7, 11) is 1.68. The molecule has 3 rings (SSSR count). The molecule has 5 nitrogen and oxygen atoms in total. The molecule has 0 aliphatic carbocycles. The van der Waals surface area contributed by atoms with Gasteiger partial charge < -0.3 is 9.47 Å². The van der Waals surface area contributed by atoms with Gasteiger partial charge in [0.05, 0.1) is 19.9 Å². The summed E-state index contributed by atoms with van der Waals surface area (Å²) in [6.07, 6.45) is 4.44. The number of hydrogen-bond donors (Lipinski definition) is 1. The van der Waals surface area contributed by atoms with Crippen molar-refractivity contribution in [1.82, 2.24) is 15.1 Å². The smallest absolute Gasteiger partial charge is 0.161 e. The number of methoxy groups -OCH3 is 1. The predicted octanol–water partition coefficient (Wildman–Crippen LogP) is 4.32. The van der Waals surface area contributed by atoms with Gasteiger partial charge in [-0.25, -0.2) is 0 Å². The van der Waals surface area contributed by atoms with E-state index in [1.54, 1.807) is 7.11 Å². The molecule has 1 aliphatic rings. The van der Waals surface area contributed by atoms with Crippen LogP contribution in [0.2, 0.25) is 0 Å². The number of aromatic nitrogens is 2. The summed E-state index contributed by atoms with van der Waals surface area (Å²) in [6, 6.07) is 6.26. The lowest BCUT2D eigenvalue weighted by Crippen LogP contribution is -2.34. The summed E-state index contributed by atoms with van der Waals surface area (Å²) in [5, 5.41) is 7.57.